The predicted octanol–water partition coefficient (Wildman–Crippen LogP) is 2.14. The molecule has 1 aromatic carbocycles. The maximum Gasteiger partial charge on any atom is 0.311 e. The zero-order valence-electron chi connectivity index (χ0n) is 10.7. The van der Waals surface area contributed by atoms with Gasteiger partial charge in [0.2, 0.25) is 0 Å². The summed E-state index contributed by atoms with van der Waals surface area (Å²) in [7, 11) is 0. The van der Waals surface area contributed by atoms with Gasteiger partial charge in [-0.25, -0.2) is 0 Å². The Morgan fingerprint density at radius 1 is 1.24 bits per heavy atom. The molecule has 17 heavy (non-hydrogen) atoms. The highest BCUT2D eigenvalue weighted by Gasteiger charge is 2.25. The van der Waals surface area contributed by atoms with Crippen molar-refractivity contribution >= 4 is 5.97 Å². The van der Waals surface area contributed by atoms with Crippen LogP contribution >= 0.6 is 0 Å². The monoisotopic (exact) mass is 235 g/mol. The molecule has 1 rings (SSSR count). The van der Waals surface area contributed by atoms with Gasteiger partial charge in [-0.05, 0) is 32.8 Å². The van der Waals surface area contributed by atoms with E-state index in [0.29, 0.717) is 6.42 Å². The number of carbonyl (C=O) groups is 1. The highest BCUT2D eigenvalue weighted by molar-refractivity contribution is 5.73. The van der Waals surface area contributed by atoms with Crippen LogP contribution < -0.4 is 5.73 Å². The van der Waals surface area contributed by atoms with Crippen molar-refractivity contribution in [1.29, 1.82) is 0 Å². The molecule has 0 aliphatic heterocycles. The third-order valence-corrected chi connectivity index (χ3v) is 2.59. The fourth-order valence-corrected chi connectivity index (χ4v) is 1.67. The third kappa shape index (κ3) is 4.57. The van der Waals surface area contributed by atoms with Crippen LogP contribution in [0, 0.1) is 5.92 Å². The molecule has 0 saturated heterocycles. The van der Waals surface area contributed by atoms with Crippen molar-refractivity contribution in [3.8, 4) is 0 Å². The quantitative estimate of drug-likeness (QED) is 0.795. The van der Waals surface area contributed by atoms with E-state index in [4.69, 9.17) is 10.5 Å². The molecule has 0 spiro atoms. The smallest absolute Gasteiger partial charge is 0.311 e. The van der Waals surface area contributed by atoms with Crippen LogP contribution in [0.15, 0.2) is 30.3 Å². The van der Waals surface area contributed by atoms with Crippen LogP contribution in [0.1, 0.15) is 26.3 Å². The van der Waals surface area contributed by atoms with Crippen molar-refractivity contribution in [2.45, 2.75) is 39.3 Å². The summed E-state index contributed by atoms with van der Waals surface area (Å²) < 4.78 is 5.23. The Labute approximate surface area is 103 Å². The maximum absolute atomic E-state index is 11.9. The normalized spacial score (nSPS) is 14.4. The Morgan fingerprint density at radius 3 is 2.29 bits per heavy atom. The predicted molar refractivity (Wildman–Crippen MR) is 68.5 cm³/mol. The molecule has 0 unspecified atom stereocenters. The Hall–Kier alpha value is -1.35. The van der Waals surface area contributed by atoms with Crippen molar-refractivity contribution in [2.75, 3.05) is 0 Å². The van der Waals surface area contributed by atoms with Crippen molar-refractivity contribution in [1.82, 2.24) is 0 Å². The van der Waals surface area contributed by atoms with Crippen LogP contribution in [0.25, 0.3) is 0 Å². The van der Waals surface area contributed by atoms with E-state index in [9.17, 15) is 4.79 Å². The number of hydrogen-bond donors (Lipinski definition) is 1. The molecule has 2 atom stereocenters. The Morgan fingerprint density at radius 2 is 1.82 bits per heavy atom. The Bertz CT molecular complexity index is 346. The molecule has 0 heterocycles. The summed E-state index contributed by atoms with van der Waals surface area (Å²) in [5, 5.41) is 0. The van der Waals surface area contributed by atoms with Crippen molar-refractivity contribution < 1.29 is 9.53 Å². The number of benzene rings is 1. The molecule has 0 radical (unpaired) electrons. The SMILES string of the molecule is CC(C)OC(=O)[C@@H](Cc1ccccc1)[C@H](C)N. The van der Waals surface area contributed by atoms with Gasteiger partial charge in [-0.1, -0.05) is 30.3 Å². The molecule has 0 aliphatic rings. The fraction of sp³-hybridized carbons (Fsp3) is 0.500. The standard InChI is InChI=1S/C14H21NO2/c1-10(2)17-14(16)13(11(3)15)9-12-7-5-4-6-8-12/h4-8,10-11,13H,9,15H2,1-3H3/t11-,13-/m0/s1. The third-order valence-electron chi connectivity index (χ3n) is 2.59. The first-order valence-corrected chi connectivity index (χ1v) is 6.00. The summed E-state index contributed by atoms with van der Waals surface area (Å²) in [5.74, 6) is -0.487. The first-order valence-electron chi connectivity index (χ1n) is 6.00. The Balaban J connectivity index is 2.70. The van der Waals surface area contributed by atoms with Gasteiger partial charge in [-0.3, -0.25) is 4.79 Å². The number of carbonyl (C=O) groups excluding carboxylic acids is 1. The number of ether oxygens (including phenoxy) is 1. The highest BCUT2D eigenvalue weighted by atomic mass is 16.5. The lowest BCUT2D eigenvalue weighted by Crippen LogP contribution is -2.36. The lowest BCUT2D eigenvalue weighted by atomic mass is 9.93. The molecule has 94 valence electrons. The summed E-state index contributed by atoms with van der Waals surface area (Å²) in [6, 6.07) is 9.66. The summed E-state index contributed by atoms with van der Waals surface area (Å²) in [6.45, 7) is 5.53. The molecular formula is C14H21NO2. The minimum atomic E-state index is -0.278. The van der Waals surface area contributed by atoms with Gasteiger partial charge in [0.05, 0.1) is 12.0 Å². The minimum Gasteiger partial charge on any atom is -0.463 e. The first kappa shape index (κ1) is 13.7. The number of nitrogens with two attached hydrogens (primary N) is 1. The molecule has 3 heteroatoms. The second-order valence-corrected chi connectivity index (χ2v) is 4.64. The zero-order valence-corrected chi connectivity index (χ0v) is 10.7. The molecular weight excluding hydrogens is 214 g/mol. The van der Waals surface area contributed by atoms with Gasteiger partial charge in [0.25, 0.3) is 0 Å². The zero-order chi connectivity index (χ0) is 12.8. The van der Waals surface area contributed by atoms with Gasteiger partial charge in [-0.15, -0.1) is 0 Å². The lowest BCUT2D eigenvalue weighted by Gasteiger charge is -2.20. The average molecular weight is 235 g/mol. The van der Waals surface area contributed by atoms with Gasteiger partial charge in [-0.2, -0.15) is 0 Å². The summed E-state index contributed by atoms with van der Waals surface area (Å²) >= 11 is 0. The summed E-state index contributed by atoms with van der Waals surface area (Å²) in [5.41, 5.74) is 6.97. The van der Waals surface area contributed by atoms with Gasteiger partial charge >= 0.3 is 5.97 Å². The number of esters is 1. The average Bonchev–Trinajstić information content (AvgIpc) is 2.25. The molecule has 0 fully saturated rings. The number of hydrogen-bond acceptors (Lipinski definition) is 3. The van der Waals surface area contributed by atoms with Gasteiger partial charge in [0.15, 0.2) is 0 Å². The molecule has 0 bridgehead atoms. The van der Waals surface area contributed by atoms with E-state index in [1.165, 1.54) is 0 Å². The second-order valence-electron chi connectivity index (χ2n) is 4.64. The molecule has 1 aromatic rings. The second kappa shape index (κ2) is 6.40. The molecule has 0 saturated carbocycles. The van der Waals surface area contributed by atoms with E-state index in [0.717, 1.165) is 5.56 Å². The fourth-order valence-electron chi connectivity index (χ4n) is 1.67. The molecule has 2 N–H and O–H groups in total. The number of rotatable bonds is 5. The topological polar surface area (TPSA) is 52.3 Å². The summed E-state index contributed by atoms with van der Waals surface area (Å²) in [6.07, 6.45) is 0.531. The van der Waals surface area contributed by atoms with Gasteiger partial charge in [0.1, 0.15) is 0 Å². The van der Waals surface area contributed by atoms with Gasteiger partial charge in [0, 0.05) is 6.04 Å². The molecule has 0 amide bonds. The van der Waals surface area contributed by atoms with Crippen LogP contribution in [-0.4, -0.2) is 18.1 Å². The van der Waals surface area contributed by atoms with E-state index in [1.807, 2.05) is 51.1 Å². The van der Waals surface area contributed by atoms with Crippen molar-refractivity contribution in [2.24, 2.45) is 11.7 Å². The van der Waals surface area contributed by atoms with E-state index in [-0.39, 0.29) is 24.0 Å². The van der Waals surface area contributed by atoms with Crippen LogP contribution in [-0.2, 0) is 16.0 Å². The van der Waals surface area contributed by atoms with Crippen LogP contribution in [0.5, 0.6) is 0 Å². The first-order chi connectivity index (χ1) is 8.00. The van der Waals surface area contributed by atoms with E-state index < -0.39 is 0 Å². The lowest BCUT2D eigenvalue weighted by molar-refractivity contribution is -0.152. The minimum absolute atomic E-state index is 0.0977. The molecule has 0 aliphatic carbocycles. The largest absolute Gasteiger partial charge is 0.463 e. The van der Waals surface area contributed by atoms with Crippen molar-refractivity contribution in [3.63, 3.8) is 0 Å². The van der Waals surface area contributed by atoms with Crippen LogP contribution in [0.4, 0.5) is 0 Å². The van der Waals surface area contributed by atoms with Crippen LogP contribution in [0.3, 0.4) is 0 Å². The van der Waals surface area contributed by atoms with Gasteiger partial charge < -0.3 is 10.5 Å². The maximum atomic E-state index is 11.9. The molecule has 3 nitrogen and oxygen atoms in total. The molecule has 0 aromatic heterocycles. The van der Waals surface area contributed by atoms with Crippen molar-refractivity contribution in [3.05, 3.63) is 35.9 Å². The van der Waals surface area contributed by atoms with E-state index in [2.05, 4.69) is 0 Å². The van der Waals surface area contributed by atoms with E-state index in [1.54, 1.807) is 0 Å². The summed E-state index contributed by atoms with van der Waals surface area (Å²) in [4.78, 5) is 11.9. The van der Waals surface area contributed by atoms with Crippen LogP contribution in [0.2, 0.25) is 0 Å². The highest BCUT2D eigenvalue weighted by Crippen LogP contribution is 2.14. The Kier molecular flexibility index (Phi) is 5.16. The van der Waals surface area contributed by atoms with E-state index >= 15 is 0 Å².